The van der Waals surface area contributed by atoms with Crippen LogP contribution in [-0.4, -0.2) is 23.2 Å². The smallest absolute Gasteiger partial charge is 0.322 e. The minimum absolute atomic E-state index is 0.0514. The topological polar surface area (TPSA) is 90.4 Å². The zero-order valence-corrected chi connectivity index (χ0v) is 14.2. The normalized spacial score (nSPS) is 10.9. The van der Waals surface area contributed by atoms with Crippen molar-refractivity contribution in [2.45, 2.75) is 6.42 Å². The van der Waals surface area contributed by atoms with Gasteiger partial charge in [-0.2, -0.15) is 0 Å². The summed E-state index contributed by atoms with van der Waals surface area (Å²) >= 11 is 0. The molecule has 0 unspecified atom stereocenters. The molecule has 2 aromatic heterocycles. The van der Waals surface area contributed by atoms with Crippen molar-refractivity contribution < 1.29 is 22.8 Å². The molecule has 1 N–H and O–H groups in total. The molecule has 0 saturated heterocycles. The predicted molar refractivity (Wildman–Crippen MR) is 94.8 cm³/mol. The van der Waals surface area contributed by atoms with E-state index in [9.17, 15) is 9.18 Å². The van der Waals surface area contributed by atoms with Crippen LogP contribution in [0.3, 0.4) is 0 Å². The molecule has 0 aliphatic carbocycles. The summed E-state index contributed by atoms with van der Waals surface area (Å²) in [6, 6.07) is 12.9. The second-order valence-electron chi connectivity index (χ2n) is 5.75. The van der Waals surface area contributed by atoms with Gasteiger partial charge < -0.3 is 13.6 Å². The number of amides is 1. The van der Waals surface area contributed by atoms with Crippen molar-refractivity contribution in [3.8, 4) is 17.4 Å². The molecule has 8 heteroatoms. The number of hydrogen-bond donors (Lipinski definition) is 1. The van der Waals surface area contributed by atoms with Crippen molar-refractivity contribution in [3.63, 3.8) is 0 Å². The van der Waals surface area contributed by atoms with Gasteiger partial charge in [-0.1, -0.05) is 29.4 Å². The van der Waals surface area contributed by atoms with Crippen LogP contribution in [0.5, 0.6) is 5.75 Å². The summed E-state index contributed by atoms with van der Waals surface area (Å²) in [5, 5.41) is 11.0. The monoisotopic (exact) mass is 367 g/mol. The maximum Gasteiger partial charge on any atom is 0.322 e. The first kappa shape index (κ1) is 16.8. The highest BCUT2D eigenvalue weighted by Crippen LogP contribution is 2.33. The van der Waals surface area contributed by atoms with Gasteiger partial charge in [-0.25, -0.2) is 4.39 Å². The lowest BCUT2D eigenvalue weighted by atomic mass is 10.1. The fourth-order valence-corrected chi connectivity index (χ4v) is 2.63. The van der Waals surface area contributed by atoms with Crippen LogP contribution < -0.4 is 10.1 Å². The van der Waals surface area contributed by atoms with Crippen molar-refractivity contribution >= 4 is 22.9 Å². The number of furan rings is 1. The van der Waals surface area contributed by atoms with Crippen LogP contribution in [0.25, 0.3) is 22.6 Å². The van der Waals surface area contributed by atoms with E-state index >= 15 is 0 Å². The third kappa shape index (κ3) is 3.50. The molecule has 2 aromatic carbocycles. The van der Waals surface area contributed by atoms with Crippen LogP contribution in [0.1, 0.15) is 5.56 Å². The fourth-order valence-electron chi connectivity index (χ4n) is 2.63. The summed E-state index contributed by atoms with van der Waals surface area (Å²) in [5.41, 5.74) is 1.23. The van der Waals surface area contributed by atoms with Crippen molar-refractivity contribution in [3.05, 3.63) is 59.9 Å². The SMILES string of the molecule is COc1cccc2cc(-c3nnc(NC(=O)Cc4ccc(F)cc4)o3)oc12. The Hall–Kier alpha value is -3.68. The number of aromatic nitrogens is 2. The molecule has 0 saturated carbocycles. The third-order valence-electron chi connectivity index (χ3n) is 3.89. The van der Waals surface area contributed by atoms with Gasteiger partial charge in [0.25, 0.3) is 5.89 Å². The van der Waals surface area contributed by atoms with Crippen LogP contribution in [0.4, 0.5) is 10.4 Å². The molecule has 0 bridgehead atoms. The Morgan fingerprint density at radius 3 is 2.74 bits per heavy atom. The number of methoxy groups -OCH3 is 1. The number of hydrogen-bond acceptors (Lipinski definition) is 6. The number of anilines is 1. The lowest BCUT2D eigenvalue weighted by Crippen LogP contribution is -2.14. The highest BCUT2D eigenvalue weighted by atomic mass is 19.1. The van der Waals surface area contributed by atoms with Crippen LogP contribution >= 0.6 is 0 Å². The van der Waals surface area contributed by atoms with E-state index in [2.05, 4.69) is 15.5 Å². The largest absolute Gasteiger partial charge is 0.493 e. The lowest BCUT2D eigenvalue weighted by molar-refractivity contribution is -0.115. The van der Waals surface area contributed by atoms with E-state index in [1.54, 1.807) is 19.2 Å². The van der Waals surface area contributed by atoms with Crippen LogP contribution in [-0.2, 0) is 11.2 Å². The van der Waals surface area contributed by atoms with Gasteiger partial charge >= 0.3 is 6.01 Å². The molecule has 0 aliphatic heterocycles. The van der Waals surface area contributed by atoms with Gasteiger partial charge in [-0.3, -0.25) is 10.1 Å². The number of nitrogens with one attached hydrogen (secondary N) is 1. The first-order valence-corrected chi connectivity index (χ1v) is 8.07. The Balaban J connectivity index is 1.50. The molecule has 27 heavy (non-hydrogen) atoms. The minimum Gasteiger partial charge on any atom is -0.493 e. The Morgan fingerprint density at radius 1 is 1.15 bits per heavy atom. The first-order valence-electron chi connectivity index (χ1n) is 8.07. The number of fused-ring (bicyclic) bond motifs is 1. The molecule has 4 rings (SSSR count). The molecule has 0 fully saturated rings. The van der Waals surface area contributed by atoms with Crippen molar-refractivity contribution in [2.24, 2.45) is 0 Å². The molecule has 2 heterocycles. The van der Waals surface area contributed by atoms with E-state index in [0.717, 1.165) is 5.39 Å². The highest BCUT2D eigenvalue weighted by Gasteiger charge is 2.17. The quantitative estimate of drug-likeness (QED) is 0.577. The lowest BCUT2D eigenvalue weighted by Gasteiger charge is -2.00. The number of nitrogens with zero attached hydrogens (tertiary/aromatic N) is 2. The zero-order chi connectivity index (χ0) is 18.8. The Bertz CT molecular complexity index is 1100. The molecule has 0 aliphatic rings. The summed E-state index contributed by atoms with van der Waals surface area (Å²) in [4.78, 5) is 12.1. The van der Waals surface area contributed by atoms with Crippen molar-refractivity contribution in [1.29, 1.82) is 0 Å². The maximum absolute atomic E-state index is 12.9. The Kier molecular flexibility index (Phi) is 4.29. The average Bonchev–Trinajstić information content (AvgIpc) is 3.29. The maximum atomic E-state index is 12.9. The number of para-hydroxylation sites is 1. The number of halogens is 1. The molecule has 0 spiro atoms. The summed E-state index contributed by atoms with van der Waals surface area (Å²) in [5.74, 6) is 0.365. The van der Waals surface area contributed by atoms with Crippen molar-refractivity contribution in [2.75, 3.05) is 12.4 Å². The van der Waals surface area contributed by atoms with Crippen LogP contribution in [0.15, 0.2) is 57.4 Å². The number of carbonyl (C=O) groups is 1. The highest BCUT2D eigenvalue weighted by molar-refractivity contribution is 5.90. The predicted octanol–water partition coefficient (Wildman–Crippen LogP) is 3.81. The second kappa shape index (κ2) is 6.91. The molecular weight excluding hydrogens is 353 g/mol. The summed E-state index contributed by atoms with van der Waals surface area (Å²) < 4.78 is 29.3. The van der Waals surface area contributed by atoms with Crippen LogP contribution in [0, 0.1) is 5.82 Å². The summed E-state index contributed by atoms with van der Waals surface area (Å²) in [6.45, 7) is 0. The summed E-state index contributed by atoms with van der Waals surface area (Å²) in [7, 11) is 1.55. The van der Waals surface area contributed by atoms with Gasteiger partial charge in [-0.15, -0.1) is 5.10 Å². The molecule has 7 nitrogen and oxygen atoms in total. The third-order valence-corrected chi connectivity index (χ3v) is 3.89. The fraction of sp³-hybridized carbons (Fsp3) is 0.105. The van der Waals surface area contributed by atoms with Crippen LogP contribution in [0.2, 0.25) is 0 Å². The molecule has 0 atom stereocenters. The van der Waals surface area contributed by atoms with E-state index in [0.29, 0.717) is 22.7 Å². The molecular formula is C19H14FN3O4. The number of ether oxygens (including phenoxy) is 1. The van der Waals surface area contributed by atoms with Crippen molar-refractivity contribution in [1.82, 2.24) is 10.2 Å². The Labute approximate surface area is 152 Å². The standard InChI is InChI=1S/C19H14FN3O4/c1-25-14-4-2-3-12-10-15(26-17(12)14)18-22-23-19(27-18)21-16(24)9-11-5-7-13(20)8-6-11/h2-8,10H,9H2,1H3,(H,21,23,24). The van der Waals surface area contributed by atoms with Gasteiger partial charge in [0, 0.05) is 5.39 Å². The number of benzene rings is 2. The Morgan fingerprint density at radius 2 is 1.96 bits per heavy atom. The average molecular weight is 367 g/mol. The van der Waals surface area contributed by atoms with E-state index in [1.807, 2.05) is 12.1 Å². The zero-order valence-electron chi connectivity index (χ0n) is 14.2. The summed E-state index contributed by atoms with van der Waals surface area (Å²) in [6.07, 6.45) is 0.0554. The van der Waals surface area contributed by atoms with Gasteiger partial charge in [0.15, 0.2) is 17.1 Å². The van der Waals surface area contributed by atoms with Gasteiger partial charge in [0.2, 0.25) is 5.91 Å². The van der Waals surface area contributed by atoms with Gasteiger partial charge in [-0.05, 0) is 29.8 Å². The van der Waals surface area contributed by atoms with E-state index in [1.165, 1.54) is 24.3 Å². The second-order valence-corrected chi connectivity index (χ2v) is 5.75. The first-order chi connectivity index (χ1) is 13.1. The van der Waals surface area contributed by atoms with E-state index in [-0.39, 0.29) is 30.1 Å². The van der Waals surface area contributed by atoms with Gasteiger partial charge in [0.05, 0.1) is 13.5 Å². The molecule has 0 radical (unpaired) electrons. The molecule has 136 valence electrons. The molecule has 1 amide bonds. The number of carbonyl (C=O) groups excluding carboxylic acids is 1. The van der Waals surface area contributed by atoms with E-state index < -0.39 is 0 Å². The minimum atomic E-state index is -0.358. The number of rotatable bonds is 5. The van der Waals surface area contributed by atoms with E-state index in [4.69, 9.17) is 13.6 Å². The van der Waals surface area contributed by atoms with Gasteiger partial charge in [0.1, 0.15) is 5.82 Å². The molecule has 4 aromatic rings.